The Morgan fingerprint density at radius 2 is 1.66 bits per heavy atom. The number of carboxylic acid groups (broad SMARTS) is 1. The number of Topliss-reactive ketones (excluding diaryl/α,β-unsaturated/α-hetero) is 1. The van der Waals surface area contributed by atoms with Gasteiger partial charge in [0.1, 0.15) is 5.82 Å². The van der Waals surface area contributed by atoms with E-state index in [1.165, 1.54) is 22.8 Å². The molecule has 1 aromatic heterocycles. The molecular formula is C28H23F4N3O3. The van der Waals surface area contributed by atoms with Crippen LogP contribution in [0, 0.1) is 17.7 Å². The summed E-state index contributed by atoms with van der Waals surface area (Å²) >= 11 is 0. The molecule has 0 radical (unpaired) electrons. The molecule has 2 unspecified atom stereocenters. The Bertz CT molecular complexity index is 1540. The monoisotopic (exact) mass is 525 g/mol. The van der Waals surface area contributed by atoms with Crippen LogP contribution in [0.15, 0.2) is 60.7 Å². The molecule has 196 valence electrons. The van der Waals surface area contributed by atoms with Crippen molar-refractivity contribution in [2.75, 3.05) is 5.32 Å². The molecule has 1 aliphatic rings. The lowest BCUT2D eigenvalue weighted by atomic mass is 9.88. The van der Waals surface area contributed by atoms with Gasteiger partial charge in [-0.15, -0.1) is 0 Å². The third-order valence-corrected chi connectivity index (χ3v) is 7.10. The summed E-state index contributed by atoms with van der Waals surface area (Å²) in [5, 5.41) is 12.2. The average Bonchev–Trinajstić information content (AvgIpc) is 3.49. The molecule has 0 aliphatic heterocycles. The number of alkyl halides is 3. The van der Waals surface area contributed by atoms with E-state index in [0.717, 1.165) is 12.1 Å². The van der Waals surface area contributed by atoms with Crippen molar-refractivity contribution in [1.29, 1.82) is 0 Å². The molecule has 1 saturated carbocycles. The van der Waals surface area contributed by atoms with Crippen LogP contribution in [0.25, 0.3) is 22.2 Å². The van der Waals surface area contributed by atoms with Gasteiger partial charge in [-0.1, -0.05) is 36.8 Å². The van der Waals surface area contributed by atoms with E-state index in [2.05, 4.69) is 10.3 Å². The number of hydrogen-bond donors (Lipinski definition) is 2. The lowest BCUT2D eigenvalue weighted by molar-refractivity contribution is -0.142. The molecule has 2 atom stereocenters. The first kappa shape index (κ1) is 25.4. The number of ketones is 1. The Balaban J connectivity index is 1.34. The highest BCUT2D eigenvalue weighted by Gasteiger charge is 2.38. The highest BCUT2D eigenvalue weighted by molar-refractivity contribution is 6.00. The highest BCUT2D eigenvalue weighted by atomic mass is 19.4. The van der Waals surface area contributed by atoms with E-state index < -0.39 is 35.4 Å². The van der Waals surface area contributed by atoms with Gasteiger partial charge < -0.3 is 15.0 Å². The van der Waals surface area contributed by atoms with Crippen molar-refractivity contribution < 1.29 is 32.3 Å². The summed E-state index contributed by atoms with van der Waals surface area (Å²) in [6, 6.07) is 14.3. The number of nitrogens with one attached hydrogen (secondary N) is 1. The summed E-state index contributed by atoms with van der Waals surface area (Å²) in [4.78, 5) is 28.5. The largest absolute Gasteiger partial charge is 0.481 e. The van der Waals surface area contributed by atoms with Gasteiger partial charge in [0, 0.05) is 18.5 Å². The fourth-order valence-corrected chi connectivity index (χ4v) is 5.01. The van der Waals surface area contributed by atoms with Gasteiger partial charge in [0.25, 0.3) is 0 Å². The van der Waals surface area contributed by atoms with Crippen molar-refractivity contribution in [2.24, 2.45) is 18.9 Å². The van der Waals surface area contributed by atoms with E-state index in [0.29, 0.717) is 41.5 Å². The van der Waals surface area contributed by atoms with Gasteiger partial charge in [0.15, 0.2) is 5.78 Å². The predicted molar refractivity (Wildman–Crippen MR) is 134 cm³/mol. The Morgan fingerprint density at radius 3 is 2.32 bits per heavy atom. The number of aliphatic carboxylic acids is 1. The molecule has 3 aromatic carbocycles. The Kier molecular flexibility index (Phi) is 6.42. The van der Waals surface area contributed by atoms with Crippen molar-refractivity contribution in [1.82, 2.24) is 9.55 Å². The maximum Gasteiger partial charge on any atom is 0.416 e. The number of carbonyl (C=O) groups excluding carboxylic acids is 1. The Hall–Kier alpha value is -4.21. The van der Waals surface area contributed by atoms with Crippen molar-refractivity contribution in [3.63, 3.8) is 0 Å². The Labute approximate surface area is 214 Å². The maximum atomic E-state index is 15.0. The molecule has 1 heterocycles. The van der Waals surface area contributed by atoms with E-state index in [1.807, 2.05) is 0 Å². The van der Waals surface area contributed by atoms with Crippen molar-refractivity contribution >= 4 is 34.4 Å². The van der Waals surface area contributed by atoms with Crippen LogP contribution >= 0.6 is 0 Å². The van der Waals surface area contributed by atoms with E-state index in [9.17, 15) is 27.9 Å². The maximum absolute atomic E-state index is 15.0. The number of benzene rings is 3. The zero-order valence-electron chi connectivity index (χ0n) is 20.2. The molecule has 6 nitrogen and oxygen atoms in total. The Morgan fingerprint density at radius 1 is 0.974 bits per heavy atom. The standard InChI is InChI=1S/C28H23F4N3O3/c1-35-24-12-10-18(28(30,31)32)14-23(24)34-27(35)33-22-11-9-17(13-21(22)29)15-5-7-16(8-6-15)25(36)19-3-2-4-20(19)26(37)38/h5-14,19-20H,2-4H2,1H3,(H,33,34)(H,37,38). The molecule has 10 heteroatoms. The zero-order chi connectivity index (χ0) is 27.2. The minimum Gasteiger partial charge on any atom is -0.481 e. The van der Waals surface area contributed by atoms with Crippen molar-refractivity contribution in [3.8, 4) is 11.1 Å². The fourth-order valence-electron chi connectivity index (χ4n) is 5.01. The van der Waals surface area contributed by atoms with E-state index in [-0.39, 0.29) is 22.9 Å². The third-order valence-electron chi connectivity index (χ3n) is 7.10. The van der Waals surface area contributed by atoms with Gasteiger partial charge in [-0.05, 0) is 54.3 Å². The summed E-state index contributed by atoms with van der Waals surface area (Å²) in [5.74, 6) is -2.77. The normalized spacial score (nSPS) is 17.6. The van der Waals surface area contributed by atoms with Crippen LogP contribution in [0.5, 0.6) is 0 Å². The molecule has 2 N–H and O–H groups in total. The molecule has 38 heavy (non-hydrogen) atoms. The van der Waals surface area contributed by atoms with Gasteiger partial charge >= 0.3 is 12.1 Å². The van der Waals surface area contributed by atoms with E-state index in [4.69, 9.17) is 0 Å². The molecular weight excluding hydrogens is 502 g/mol. The molecule has 1 aliphatic carbocycles. The van der Waals surface area contributed by atoms with Gasteiger partial charge in [-0.2, -0.15) is 13.2 Å². The first-order valence-electron chi connectivity index (χ1n) is 12.0. The van der Waals surface area contributed by atoms with Gasteiger partial charge in [0.2, 0.25) is 5.95 Å². The number of aryl methyl sites for hydroxylation is 1. The average molecular weight is 526 g/mol. The van der Waals surface area contributed by atoms with Gasteiger partial charge in [-0.3, -0.25) is 9.59 Å². The minimum absolute atomic E-state index is 0.0935. The summed E-state index contributed by atoms with van der Waals surface area (Å²) in [6.07, 6.45) is -2.75. The van der Waals surface area contributed by atoms with Crippen LogP contribution in [0.2, 0.25) is 0 Å². The fraction of sp³-hybridized carbons (Fsp3) is 0.250. The van der Waals surface area contributed by atoms with Gasteiger partial charge in [0.05, 0.1) is 28.2 Å². The second-order valence-electron chi connectivity index (χ2n) is 9.44. The summed E-state index contributed by atoms with van der Waals surface area (Å²) < 4.78 is 55.7. The first-order valence-corrected chi connectivity index (χ1v) is 12.0. The zero-order valence-corrected chi connectivity index (χ0v) is 20.2. The van der Waals surface area contributed by atoms with Crippen LogP contribution in [-0.2, 0) is 18.0 Å². The second-order valence-corrected chi connectivity index (χ2v) is 9.44. The quantitative estimate of drug-likeness (QED) is 0.213. The number of rotatable bonds is 6. The van der Waals surface area contributed by atoms with Crippen LogP contribution in [0.4, 0.5) is 29.2 Å². The number of anilines is 2. The third kappa shape index (κ3) is 4.73. The molecule has 1 fully saturated rings. The smallest absolute Gasteiger partial charge is 0.416 e. The number of halogens is 4. The lowest BCUT2D eigenvalue weighted by Crippen LogP contribution is -2.25. The number of fused-ring (bicyclic) bond motifs is 1. The number of carbonyl (C=O) groups is 2. The number of imidazole rings is 1. The molecule has 0 bridgehead atoms. The summed E-state index contributed by atoms with van der Waals surface area (Å²) in [6.45, 7) is 0. The topological polar surface area (TPSA) is 84.2 Å². The molecule has 4 aromatic rings. The molecule has 0 spiro atoms. The lowest BCUT2D eigenvalue weighted by Gasteiger charge is -2.15. The number of hydrogen-bond acceptors (Lipinski definition) is 4. The predicted octanol–water partition coefficient (Wildman–Crippen LogP) is 6.83. The summed E-state index contributed by atoms with van der Waals surface area (Å²) in [7, 11) is 1.62. The van der Waals surface area contributed by atoms with Crippen LogP contribution in [0.3, 0.4) is 0 Å². The number of aromatic nitrogens is 2. The highest BCUT2D eigenvalue weighted by Crippen LogP contribution is 2.36. The minimum atomic E-state index is -4.50. The van der Waals surface area contributed by atoms with Crippen molar-refractivity contribution in [3.05, 3.63) is 77.6 Å². The second kappa shape index (κ2) is 9.59. The van der Waals surface area contributed by atoms with Crippen LogP contribution in [-0.4, -0.2) is 26.4 Å². The van der Waals surface area contributed by atoms with Crippen molar-refractivity contribution in [2.45, 2.75) is 25.4 Å². The van der Waals surface area contributed by atoms with Crippen LogP contribution in [0.1, 0.15) is 35.2 Å². The molecule has 5 rings (SSSR count). The number of nitrogens with zero attached hydrogens (tertiary/aromatic N) is 2. The molecule has 0 saturated heterocycles. The summed E-state index contributed by atoms with van der Waals surface area (Å²) in [5.41, 5.74) is 1.50. The molecule has 0 amide bonds. The SMILES string of the molecule is Cn1c(Nc2ccc(-c3ccc(C(=O)C4CCCC4C(=O)O)cc3)cc2F)nc2cc(C(F)(F)F)ccc21. The number of carboxylic acids is 1. The first-order chi connectivity index (χ1) is 18.0. The van der Waals surface area contributed by atoms with E-state index in [1.54, 1.807) is 37.4 Å². The van der Waals surface area contributed by atoms with Crippen LogP contribution < -0.4 is 5.32 Å². The van der Waals surface area contributed by atoms with Gasteiger partial charge in [-0.25, -0.2) is 9.37 Å². The van der Waals surface area contributed by atoms with E-state index >= 15 is 4.39 Å².